The van der Waals surface area contributed by atoms with Gasteiger partial charge in [-0.15, -0.1) is 11.3 Å². The molecule has 1 saturated carbocycles. The van der Waals surface area contributed by atoms with E-state index in [1.807, 2.05) is 6.07 Å². The molecule has 3 aromatic rings. The molecule has 0 unspecified atom stereocenters. The largest absolute Gasteiger partial charge is 0.464 e. The molecule has 7 rings (SSSR count). The molecule has 11 heteroatoms. The van der Waals surface area contributed by atoms with E-state index >= 15 is 0 Å². The lowest BCUT2D eigenvalue weighted by atomic mass is 9.71. The second-order valence-electron chi connectivity index (χ2n) is 12.3. The molecule has 2 fully saturated rings. The van der Waals surface area contributed by atoms with Crippen LogP contribution in [0.15, 0.2) is 12.1 Å². The fraction of sp³-hybridized carbons (Fsp3) is 0.567. The van der Waals surface area contributed by atoms with Crippen LogP contribution in [0.1, 0.15) is 73.3 Å². The number of nitrogens with two attached hydrogens (primary N) is 1. The van der Waals surface area contributed by atoms with Gasteiger partial charge in [0.25, 0.3) is 0 Å². The van der Waals surface area contributed by atoms with Gasteiger partial charge >= 0.3 is 0 Å². The van der Waals surface area contributed by atoms with Gasteiger partial charge in [0, 0.05) is 59.3 Å². The molecule has 9 nitrogen and oxygen atoms in total. The van der Waals surface area contributed by atoms with Crippen LogP contribution in [-0.4, -0.2) is 69.5 Å². The molecule has 4 aliphatic rings. The van der Waals surface area contributed by atoms with Crippen molar-refractivity contribution in [1.82, 2.24) is 19.7 Å². The minimum Gasteiger partial charge on any atom is -0.464 e. The highest BCUT2D eigenvalue weighted by Gasteiger charge is 2.46. The van der Waals surface area contributed by atoms with Crippen molar-refractivity contribution in [1.29, 1.82) is 5.26 Å². The summed E-state index contributed by atoms with van der Waals surface area (Å²) in [4.78, 5) is 14.7. The number of piperazine rings is 1. The molecule has 3 aromatic heterocycles. The molecule has 5 heterocycles. The first-order valence-electron chi connectivity index (χ1n) is 14.7. The van der Waals surface area contributed by atoms with Gasteiger partial charge in [-0.3, -0.25) is 0 Å². The van der Waals surface area contributed by atoms with Crippen molar-refractivity contribution < 1.29 is 9.31 Å². The van der Waals surface area contributed by atoms with Crippen LogP contribution in [0.2, 0.25) is 0 Å². The van der Waals surface area contributed by atoms with E-state index in [4.69, 9.17) is 24.8 Å². The van der Waals surface area contributed by atoms with Gasteiger partial charge in [-0.1, -0.05) is 6.92 Å². The predicted molar refractivity (Wildman–Crippen MR) is 164 cm³/mol. The van der Waals surface area contributed by atoms with E-state index in [1.165, 1.54) is 35.0 Å². The Hall–Kier alpha value is -3.07. The SMILES string of the molecule is C[C@H](Oc1cc(N2CCNC3(CC3)C2)nc(-c2cc([C@@]3(C)CCCc4sc(N)c(C#N)c43)sn2)n1)C1=[N+](C)CCC1. The Bertz CT molecular complexity index is 1580. The summed E-state index contributed by atoms with van der Waals surface area (Å²) < 4.78 is 13.7. The quantitative estimate of drug-likeness (QED) is 0.408. The Morgan fingerprint density at radius 1 is 1.22 bits per heavy atom. The molecule has 1 spiro atoms. The fourth-order valence-electron chi connectivity index (χ4n) is 6.96. The predicted octanol–water partition coefficient (Wildman–Crippen LogP) is 4.34. The number of aromatic nitrogens is 3. The molecule has 2 aliphatic heterocycles. The normalized spacial score (nSPS) is 23.9. The molecule has 0 amide bonds. The van der Waals surface area contributed by atoms with Gasteiger partial charge in [-0.25, -0.2) is 9.56 Å². The average Bonchev–Trinajstić information content (AvgIpc) is 3.32. The van der Waals surface area contributed by atoms with E-state index in [-0.39, 0.29) is 17.1 Å². The Labute approximate surface area is 249 Å². The molecule has 1 saturated heterocycles. The summed E-state index contributed by atoms with van der Waals surface area (Å²) in [5.74, 6) is 2.07. The van der Waals surface area contributed by atoms with E-state index in [0.29, 0.717) is 22.3 Å². The average molecular weight is 590 g/mol. The molecule has 2 atom stereocenters. The van der Waals surface area contributed by atoms with Crippen LogP contribution in [0.25, 0.3) is 11.5 Å². The Kier molecular flexibility index (Phi) is 6.56. The lowest BCUT2D eigenvalue weighted by Crippen LogP contribution is -2.52. The summed E-state index contributed by atoms with van der Waals surface area (Å²) in [5, 5.41) is 14.3. The topological polar surface area (TPSA) is 116 Å². The molecule has 2 aliphatic carbocycles. The number of rotatable bonds is 6. The second-order valence-corrected chi connectivity index (χ2v) is 14.2. The van der Waals surface area contributed by atoms with Crippen molar-refractivity contribution >= 4 is 39.4 Å². The zero-order valence-corrected chi connectivity index (χ0v) is 25.6. The fourth-order valence-corrected chi connectivity index (χ4v) is 9.06. The maximum atomic E-state index is 9.94. The highest BCUT2D eigenvalue weighted by Crippen LogP contribution is 2.50. The first-order valence-corrected chi connectivity index (χ1v) is 16.3. The molecule has 0 aromatic carbocycles. The minimum absolute atomic E-state index is 0.0603. The number of hydrogen-bond acceptors (Lipinski definition) is 10. The van der Waals surface area contributed by atoms with Gasteiger partial charge in [0.15, 0.2) is 17.6 Å². The van der Waals surface area contributed by atoms with E-state index in [1.54, 1.807) is 11.3 Å². The number of nitriles is 1. The lowest BCUT2D eigenvalue weighted by molar-refractivity contribution is -0.491. The number of nitrogens with zero attached hydrogens (tertiary/aromatic N) is 6. The van der Waals surface area contributed by atoms with Crippen LogP contribution in [0.4, 0.5) is 10.8 Å². The maximum Gasteiger partial charge on any atom is 0.219 e. The maximum absolute atomic E-state index is 9.94. The third kappa shape index (κ3) is 4.70. The number of anilines is 2. The highest BCUT2D eigenvalue weighted by atomic mass is 32.1. The van der Waals surface area contributed by atoms with Crippen molar-refractivity contribution in [3.05, 3.63) is 33.0 Å². The summed E-state index contributed by atoms with van der Waals surface area (Å²) in [6, 6.07) is 6.52. The lowest BCUT2D eigenvalue weighted by Gasteiger charge is -2.35. The van der Waals surface area contributed by atoms with Crippen molar-refractivity contribution in [2.45, 2.75) is 75.9 Å². The Morgan fingerprint density at radius 2 is 2.07 bits per heavy atom. The first-order chi connectivity index (χ1) is 19.8. The van der Waals surface area contributed by atoms with E-state index in [2.05, 4.69) is 47.8 Å². The number of ether oxygens (including phenoxy) is 1. The van der Waals surface area contributed by atoms with Crippen LogP contribution in [-0.2, 0) is 11.8 Å². The van der Waals surface area contributed by atoms with Crippen LogP contribution in [0.5, 0.6) is 5.88 Å². The van der Waals surface area contributed by atoms with Crippen molar-refractivity contribution in [2.24, 2.45) is 0 Å². The van der Waals surface area contributed by atoms with Crippen LogP contribution in [0, 0.1) is 11.3 Å². The minimum atomic E-state index is -0.311. The van der Waals surface area contributed by atoms with Gasteiger partial charge in [0.05, 0.1) is 5.56 Å². The van der Waals surface area contributed by atoms with Crippen LogP contribution >= 0.6 is 22.9 Å². The van der Waals surface area contributed by atoms with E-state index in [9.17, 15) is 5.26 Å². The van der Waals surface area contributed by atoms with Crippen LogP contribution < -0.4 is 20.7 Å². The van der Waals surface area contributed by atoms with Gasteiger partial charge < -0.3 is 20.7 Å². The number of aryl methyl sites for hydroxylation is 1. The zero-order chi connectivity index (χ0) is 28.4. The van der Waals surface area contributed by atoms with Crippen molar-refractivity contribution in [3.63, 3.8) is 0 Å². The highest BCUT2D eigenvalue weighted by molar-refractivity contribution is 7.16. The monoisotopic (exact) mass is 589 g/mol. The third-order valence-corrected chi connectivity index (χ3v) is 11.6. The standard InChI is InChI=1S/C30H37N8OS2/c1-18(21-6-5-12-37(21)3)39-25-15-24(38-13-11-33-30(17-38)9-10-30)34-28(35-25)20-14-23(41-36-20)29(2)8-4-7-22-26(29)19(16-31)27(32)40-22/h14-15,18,33H,4-13,17,32H2,1-3H3/q+1/t18-,29+/m0/s1. The Morgan fingerprint density at radius 3 is 2.83 bits per heavy atom. The van der Waals surface area contributed by atoms with Gasteiger partial charge in [-0.2, -0.15) is 14.6 Å². The Balaban J connectivity index is 1.26. The van der Waals surface area contributed by atoms with Gasteiger partial charge in [0.2, 0.25) is 5.88 Å². The molecule has 41 heavy (non-hydrogen) atoms. The third-order valence-electron chi connectivity index (χ3n) is 9.46. The van der Waals surface area contributed by atoms with Crippen LogP contribution in [0.3, 0.4) is 0 Å². The number of nitrogen functional groups attached to an aromatic ring is 1. The number of nitrogens with one attached hydrogen (secondary N) is 1. The first kappa shape index (κ1) is 26.8. The second kappa shape index (κ2) is 10.0. The van der Waals surface area contributed by atoms with Gasteiger partial charge in [0.1, 0.15) is 36.2 Å². The number of hydrogen-bond donors (Lipinski definition) is 2. The summed E-state index contributed by atoms with van der Waals surface area (Å²) in [5.41, 5.74) is 9.98. The van der Waals surface area contributed by atoms with Gasteiger partial charge in [-0.05, 0) is 62.2 Å². The number of fused-ring (bicyclic) bond motifs is 1. The molecule has 214 valence electrons. The molecule has 0 bridgehead atoms. The van der Waals surface area contributed by atoms with Crippen molar-refractivity contribution in [2.75, 3.05) is 43.9 Å². The summed E-state index contributed by atoms with van der Waals surface area (Å²) in [7, 11) is 2.14. The smallest absolute Gasteiger partial charge is 0.219 e. The van der Waals surface area contributed by atoms with E-state index < -0.39 is 0 Å². The molecule has 0 radical (unpaired) electrons. The summed E-state index contributed by atoms with van der Waals surface area (Å²) in [6.45, 7) is 8.20. The summed E-state index contributed by atoms with van der Waals surface area (Å²) >= 11 is 3.05. The molecular weight excluding hydrogens is 553 g/mol. The number of thiophene rings is 1. The van der Waals surface area contributed by atoms with Crippen molar-refractivity contribution in [3.8, 4) is 23.5 Å². The molecule has 3 N–H and O–H groups in total. The molecular formula is C30H37N8OS2+. The summed E-state index contributed by atoms with van der Waals surface area (Å²) in [6.07, 6.45) is 7.55. The van der Waals surface area contributed by atoms with E-state index in [0.717, 1.165) is 80.2 Å². The zero-order valence-electron chi connectivity index (χ0n) is 24.0.